The lowest BCUT2D eigenvalue weighted by atomic mass is 10.2. The number of nitrogens with zero attached hydrogens (tertiary/aromatic N) is 1. The molecule has 68 valence electrons. The highest BCUT2D eigenvalue weighted by Gasteiger charge is 2.02. The van der Waals surface area contributed by atoms with E-state index in [9.17, 15) is 0 Å². The second-order valence-corrected chi connectivity index (χ2v) is 4.47. The van der Waals surface area contributed by atoms with E-state index in [1.807, 2.05) is 29.6 Å². The zero-order chi connectivity index (χ0) is 9.97. The van der Waals surface area contributed by atoms with Crippen LogP contribution in [0.1, 0.15) is 5.69 Å². The predicted octanol–water partition coefficient (Wildman–Crippen LogP) is 3.55. The van der Waals surface area contributed by atoms with Crippen molar-refractivity contribution in [2.75, 3.05) is 0 Å². The first-order chi connectivity index (χ1) is 6.79. The maximum atomic E-state index is 5.26. The molecule has 1 nitrogen and oxygen atoms in total. The van der Waals surface area contributed by atoms with Crippen molar-refractivity contribution in [2.24, 2.45) is 0 Å². The molecular weight excluding hydrogens is 258 g/mol. The average molecular weight is 264 g/mol. The first kappa shape index (κ1) is 9.45. The molecular formula is C11H6BrNS. The molecule has 0 aliphatic carbocycles. The minimum atomic E-state index is 0.699. The van der Waals surface area contributed by atoms with Crippen LogP contribution in [0.4, 0.5) is 0 Å². The number of halogens is 1. The summed E-state index contributed by atoms with van der Waals surface area (Å²) in [6.45, 7) is 0. The fourth-order valence-electron chi connectivity index (χ4n) is 1.09. The molecule has 0 N–H and O–H groups in total. The third-order valence-electron chi connectivity index (χ3n) is 1.72. The number of hydrogen-bond donors (Lipinski definition) is 0. The molecule has 14 heavy (non-hydrogen) atoms. The van der Waals surface area contributed by atoms with Gasteiger partial charge in [0.25, 0.3) is 0 Å². The van der Waals surface area contributed by atoms with E-state index in [2.05, 4.69) is 26.8 Å². The Kier molecular flexibility index (Phi) is 2.67. The fraction of sp³-hybridized carbons (Fsp3) is 0. The topological polar surface area (TPSA) is 12.9 Å². The maximum absolute atomic E-state index is 5.26. The Bertz CT molecular complexity index is 496. The lowest BCUT2D eigenvalue weighted by Gasteiger charge is -1.95. The van der Waals surface area contributed by atoms with Crippen LogP contribution < -0.4 is 0 Å². The summed E-state index contributed by atoms with van der Waals surface area (Å²) in [6, 6.07) is 8.01. The molecule has 0 radical (unpaired) electrons. The summed E-state index contributed by atoms with van der Waals surface area (Å²) >= 11 is 4.98. The van der Waals surface area contributed by atoms with Gasteiger partial charge in [0.15, 0.2) is 0 Å². The molecule has 0 saturated heterocycles. The van der Waals surface area contributed by atoms with Gasteiger partial charge in [-0.15, -0.1) is 17.8 Å². The van der Waals surface area contributed by atoms with Crippen molar-refractivity contribution < 1.29 is 0 Å². The van der Waals surface area contributed by atoms with Gasteiger partial charge in [-0.25, -0.2) is 4.98 Å². The number of benzene rings is 1. The van der Waals surface area contributed by atoms with Crippen molar-refractivity contribution in [1.82, 2.24) is 4.98 Å². The molecule has 1 aromatic heterocycles. The van der Waals surface area contributed by atoms with Gasteiger partial charge >= 0.3 is 0 Å². The van der Waals surface area contributed by atoms with Crippen molar-refractivity contribution >= 4 is 27.3 Å². The SMILES string of the molecule is C#Cc1csc(-c2cccc(Br)c2)n1. The average Bonchev–Trinajstić information content (AvgIpc) is 2.66. The molecule has 1 heterocycles. The maximum Gasteiger partial charge on any atom is 0.124 e. The van der Waals surface area contributed by atoms with E-state index < -0.39 is 0 Å². The number of thiazole rings is 1. The number of terminal acetylenes is 1. The van der Waals surface area contributed by atoms with Crippen LogP contribution in [0.3, 0.4) is 0 Å². The molecule has 2 aromatic rings. The van der Waals surface area contributed by atoms with Gasteiger partial charge in [-0.05, 0) is 18.1 Å². The fourth-order valence-corrected chi connectivity index (χ4v) is 2.25. The molecule has 0 saturated carbocycles. The smallest absolute Gasteiger partial charge is 0.124 e. The summed E-state index contributed by atoms with van der Waals surface area (Å²) in [6.07, 6.45) is 5.26. The highest BCUT2D eigenvalue weighted by Crippen LogP contribution is 2.25. The third-order valence-corrected chi connectivity index (χ3v) is 3.11. The van der Waals surface area contributed by atoms with Gasteiger partial charge in [-0.2, -0.15) is 0 Å². The second kappa shape index (κ2) is 3.95. The van der Waals surface area contributed by atoms with E-state index in [-0.39, 0.29) is 0 Å². The number of rotatable bonds is 1. The Morgan fingerprint density at radius 1 is 1.43 bits per heavy atom. The van der Waals surface area contributed by atoms with Gasteiger partial charge in [0, 0.05) is 15.4 Å². The summed E-state index contributed by atoms with van der Waals surface area (Å²) in [7, 11) is 0. The molecule has 0 bridgehead atoms. The van der Waals surface area contributed by atoms with Crippen molar-refractivity contribution in [1.29, 1.82) is 0 Å². The van der Waals surface area contributed by atoms with Crippen molar-refractivity contribution in [3.8, 4) is 22.9 Å². The van der Waals surface area contributed by atoms with Gasteiger partial charge in [-0.3, -0.25) is 0 Å². The molecule has 3 heteroatoms. The highest BCUT2D eigenvalue weighted by molar-refractivity contribution is 9.10. The van der Waals surface area contributed by atoms with E-state index in [1.165, 1.54) is 0 Å². The molecule has 0 fully saturated rings. The lowest BCUT2D eigenvalue weighted by Crippen LogP contribution is -1.77. The molecule has 0 spiro atoms. The van der Waals surface area contributed by atoms with E-state index in [0.717, 1.165) is 15.0 Å². The Morgan fingerprint density at radius 2 is 2.29 bits per heavy atom. The monoisotopic (exact) mass is 263 g/mol. The summed E-state index contributed by atoms with van der Waals surface area (Å²) in [5, 5.41) is 2.84. The van der Waals surface area contributed by atoms with E-state index in [1.54, 1.807) is 11.3 Å². The molecule has 0 atom stereocenters. The Balaban J connectivity index is 2.45. The first-order valence-corrected chi connectivity index (χ1v) is 5.65. The van der Waals surface area contributed by atoms with Crippen LogP contribution in [0.5, 0.6) is 0 Å². The van der Waals surface area contributed by atoms with Crippen molar-refractivity contribution in [3.05, 3.63) is 39.8 Å². The van der Waals surface area contributed by atoms with E-state index >= 15 is 0 Å². The van der Waals surface area contributed by atoms with Crippen molar-refractivity contribution in [2.45, 2.75) is 0 Å². The zero-order valence-electron chi connectivity index (χ0n) is 7.20. The minimum Gasteiger partial charge on any atom is -0.228 e. The Morgan fingerprint density at radius 3 is 2.93 bits per heavy atom. The predicted molar refractivity (Wildman–Crippen MR) is 63.2 cm³/mol. The molecule has 0 aliphatic rings. The van der Waals surface area contributed by atoms with E-state index in [0.29, 0.717) is 5.69 Å². The van der Waals surface area contributed by atoms with Gasteiger partial charge < -0.3 is 0 Å². The van der Waals surface area contributed by atoms with Crippen LogP contribution in [-0.2, 0) is 0 Å². The van der Waals surface area contributed by atoms with Crippen molar-refractivity contribution in [3.63, 3.8) is 0 Å². The molecule has 0 amide bonds. The van der Waals surface area contributed by atoms with Crippen LogP contribution >= 0.6 is 27.3 Å². The van der Waals surface area contributed by atoms with Gasteiger partial charge in [0.2, 0.25) is 0 Å². The van der Waals surface area contributed by atoms with Gasteiger partial charge in [0.05, 0.1) is 0 Å². The summed E-state index contributed by atoms with van der Waals surface area (Å²) < 4.78 is 1.05. The van der Waals surface area contributed by atoms with Gasteiger partial charge in [-0.1, -0.05) is 28.1 Å². The van der Waals surface area contributed by atoms with E-state index in [4.69, 9.17) is 6.42 Å². The standard InChI is InChI=1S/C11H6BrNS/c1-2-10-7-14-11(13-10)8-4-3-5-9(12)6-8/h1,3-7H. The normalized spacial score (nSPS) is 9.71. The highest BCUT2D eigenvalue weighted by atomic mass is 79.9. The molecule has 0 aliphatic heterocycles. The third kappa shape index (κ3) is 1.87. The quantitative estimate of drug-likeness (QED) is 0.718. The van der Waals surface area contributed by atoms with Gasteiger partial charge in [0.1, 0.15) is 10.7 Å². The van der Waals surface area contributed by atoms with Crippen LogP contribution in [0.2, 0.25) is 0 Å². The molecule has 2 rings (SSSR count). The Labute approximate surface area is 94.9 Å². The Hall–Kier alpha value is -1.11. The first-order valence-electron chi connectivity index (χ1n) is 3.97. The van der Waals surface area contributed by atoms with Crippen LogP contribution in [0, 0.1) is 12.3 Å². The minimum absolute atomic E-state index is 0.699. The lowest BCUT2D eigenvalue weighted by molar-refractivity contribution is 1.37. The summed E-state index contributed by atoms with van der Waals surface area (Å²) in [5.74, 6) is 2.52. The second-order valence-electron chi connectivity index (χ2n) is 2.69. The zero-order valence-corrected chi connectivity index (χ0v) is 9.60. The van der Waals surface area contributed by atoms with Crippen LogP contribution in [-0.4, -0.2) is 4.98 Å². The molecule has 1 aromatic carbocycles. The summed E-state index contributed by atoms with van der Waals surface area (Å²) in [5.41, 5.74) is 1.79. The number of hydrogen-bond acceptors (Lipinski definition) is 2. The number of aromatic nitrogens is 1. The molecule has 0 unspecified atom stereocenters. The summed E-state index contributed by atoms with van der Waals surface area (Å²) in [4.78, 5) is 4.30. The van der Waals surface area contributed by atoms with Crippen LogP contribution in [0.25, 0.3) is 10.6 Å². The largest absolute Gasteiger partial charge is 0.228 e. The van der Waals surface area contributed by atoms with Crippen LogP contribution in [0.15, 0.2) is 34.1 Å².